The van der Waals surface area contributed by atoms with E-state index in [1.165, 1.54) is 6.07 Å². The highest BCUT2D eigenvalue weighted by molar-refractivity contribution is 9.10. The highest BCUT2D eigenvalue weighted by Gasteiger charge is 2.27. The van der Waals surface area contributed by atoms with E-state index >= 15 is 0 Å². The second kappa shape index (κ2) is 7.12. The molecule has 0 aliphatic carbocycles. The van der Waals surface area contributed by atoms with Gasteiger partial charge in [-0.15, -0.1) is 0 Å². The first-order chi connectivity index (χ1) is 8.78. The highest BCUT2D eigenvalue weighted by atomic mass is 79.9. The molecule has 3 nitrogen and oxygen atoms in total. The predicted octanol–water partition coefficient (Wildman–Crippen LogP) is 3.41. The second-order valence-corrected chi connectivity index (χ2v) is 4.93. The average Bonchev–Trinajstić information content (AvgIpc) is 2.25. The van der Waals surface area contributed by atoms with Crippen molar-refractivity contribution in [2.24, 2.45) is 0 Å². The van der Waals surface area contributed by atoms with Gasteiger partial charge in [-0.1, -0.05) is 27.5 Å². The summed E-state index contributed by atoms with van der Waals surface area (Å²) in [6, 6.07) is 4.63. The van der Waals surface area contributed by atoms with Gasteiger partial charge in [0.15, 0.2) is 0 Å². The largest absolute Gasteiger partial charge is 0.411 e. The van der Waals surface area contributed by atoms with Gasteiger partial charge in [0.1, 0.15) is 6.61 Å². The summed E-state index contributed by atoms with van der Waals surface area (Å²) in [4.78, 5) is 11.6. The van der Waals surface area contributed by atoms with Crippen molar-refractivity contribution in [2.45, 2.75) is 6.18 Å². The summed E-state index contributed by atoms with van der Waals surface area (Å²) in [5.41, 5.74) is 0.315. The topological polar surface area (TPSA) is 38.3 Å². The summed E-state index contributed by atoms with van der Waals surface area (Å²) in [6.07, 6.45) is -4.36. The Kier molecular flexibility index (Phi) is 6.09. The summed E-state index contributed by atoms with van der Waals surface area (Å²) in [6.45, 7) is -1.56. The van der Waals surface area contributed by atoms with E-state index in [1.54, 1.807) is 12.1 Å². The summed E-state index contributed by atoms with van der Waals surface area (Å²) < 4.78 is 40.3. The molecular formula is C11H10BrClF3NO2. The van der Waals surface area contributed by atoms with Crippen LogP contribution in [0.3, 0.4) is 0 Å². The third-order valence-electron chi connectivity index (χ3n) is 1.92. The van der Waals surface area contributed by atoms with Crippen molar-refractivity contribution in [3.63, 3.8) is 0 Å². The summed E-state index contributed by atoms with van der Waals surface area (Å²) in [7, 11) is 0. The van der Waals surface area contributed by atoms with E-state index in [0.29, 0.717) is 15.1 Å². The lowest BCUT2D eigenvalue weighted by Gasteiger charge is -2.09. The lowest BCUT2D eigenvalue weighted by Crippen LogP contribution is -2.28. The van der Waals surface area contributed by atoms with Crippen LogP contribution >= 0.6 is 27.5 Å². The molecule has 0 spiro atoms. The van der Waals surface area contributed by atoms with Crippen LogP contribution in [0, 0.1) is 0 Å². The zero-order valence-electron chi connectivity index (χ0n) is 9.56. The minimum atomic E-state index is -4.36. The van der Waals surface area contributed by atoms with Crippen molar-refractivity contribution < 1.29 is 22.7 Å². The molecule has 0 saturated carbocycles. The van der Waals surface area contributed by atoms with Gasteiger partial charge < -0.3 is 10.1 Å². The Hall–Kier alpha value is -0.790. The Labute approximate surface area is 121 Å². The quantitative estimate of drug-likeness (QED) is 0.817. The number of halogens is 5. The van der Waals surface area contributed by atoms with Gasteiger partial charge in [0.2, 0.25) is 0 Å². The Morgan fingerprint density at radius 2 is 2.05 bits per heavy atom. The van der Waals surface area contributed by atoms with Crippen molar-refractivity contribution in [3.05, 3.63) is 33.3 Å². The number of amides is 1. The number of carbonyl (C=O) groups is 1. The predicted molar refractivity (Wildman–Crippen MR) is 68.4 cm³/mol. The molecule has 8 heteroatoms. The first-order valence-corrected chi connectivity index (χ1v) is 6.34. The minimum absolute atomic E-state index is 0.0148. The van der Waals surface area contributed by atoms with E-state index in [4.69, 9.17) is 11.6 Å². The lowest BCUT2D eigenvalue weighted by molar-refractivity contribution is -0.173. The number of benzene rings is 1. The number of hydrogen-bond acceptors (Lipinski definition) is 2. The van der Waals surface area contributed by atoms with E-state index in [2.05, 4.69) is 26.0 Å². The van der Waals surface area contributed by atoms with E-state index in [1.807, 2.05) is 0 Å². The molecule has 106 valence electrons. The maximum atomic E-state index is 11.8. The van der Waals surface area contributed by atoms with E-state index in [-0.39, 0.29) is 13.2 Å². The molecule has 1 rings (SSSR count). The van der Waals surface area contributed by atoms with Crippen molar-refractivity contribution in [1.82, 2.24) is 5.32 Å². The molecule has 0 aromatic heterocycles. The zero-order valence-corrected chi connectivity index (χ0v) is 11.9. The monoisotopic (exact) mass is 359 g/mol. The number of nitrogens with one attached hydrogen (secondary N) is 1. The third kappa shape index (κ3) is 6.79. The molecule has 0 heterocycles. The zero-order chi connectivity index (χ0) is 14.5. The number of ether oxygens (including phenoxy) is 1. The maximum absolute atomic E-state index is 11.8. The van der Waals surface area contributed by atoms with Gasteiger partial charge in [0, 0.05) is 21.6 Å². The standard InChI is InChI=1S/C11H10BrClF3NO2/c12-8-3-7(4-9(13)5-8)10(18)17-1-2-19-6-11(14,15)16/h3-5H,1-2,6H2,(H,17,18). The fourth-order valence-electron chi connectivity index (χ4n) is 1.21. The number of hydrogen-bond donors (Lipinski definition) is 1. The van der Waals surface area contributed by atoms with E-state index < -0.39 is 18.7 Å². The van der Waals surface area contributed by atoms with E-state index in [9.17, 15) is 18.0 Å². The molecular weight excluding hydrogens is 350 g/mol. The van der Waals surface area contributed by atoms with Gasteiger partial charge in [-0.3, -0.25) is 4.79 Å². The van der Waals surface area contributed by atoms with Crippen molar-refractivity contribution >= 4 is 33.4 Å². The van der Waals surface area contributed by atoms with Gasteiger partial charge in [-0.25, -0.2) is 0 Å². The smallest absolute Gasteiger partial charge is 0.370 e. The third-order valence-corrected chi connectivity index (χ3v) is 2.60. The fraction of sp³-hybridized carbons (Fsp3) is 0.364. The summed E-state index contributed by atoms with van der Waals surface area (Å²) >= 11 is 8.95. The lowest BCUT2D eigenvalue weighted by atomic mass is 10.2. The van der Waals surface area contributed by atoms with Crippen LogP contribution in [-0.4, -0.2) is 31.8 Å². The second-order valence-electron chi connectivity index (χ2n) is 3.58. The van der Waals surface area contributed by atoms with Gasteiger partial charge in [0.05, 0.1) is 6.61 Å². The first-order valence-electron chi connectivity index (χ1n) is 5.17. The number of alkyl halides is 3. The molecule has 1 N–H and O–H groups in total. The molecule has 19 heavy (non-hydrogen) atoms. The van der Waals surface area contributed by atoms with Crippen LogP contribution in [0.15, 0.2) is 22.7 Å². The molecule has 0 saturated heterocycles. The van der Waals surface area contributed by atoms with Gasteiger partial charge >= 0.3 is 6.18 Å². The molecule has 0 unspecified atom stereocenters. The van der Waals surface area contributed by atoms with Crippen molar-refractivity contribution in [1.29, 1.82) is 0 Å². The highest BCUT2D eigenvalue weighted by Crippen LogP contribution is 2.19. The van der Waals surface area contributed by atoms with Crippen molar-refractivity contribution in [3.8, 4) is 0 Å². The molecule has 1 aromatic carbocycles. The van der Waals surface area contributed by atoms with Crippen LogP contribution in [0.5, 0.6) is 0 Å². The summed E-state index contributed by atoms with van der Waals surface area (Å²) in [5.74, 6) is -0.432. The first kappa shape index (κ1) is 16.3. The van der Waals surface area contributed by atoms with Gasteiger partial charge in [0.25, 0.3) is 5.91 Å². The molecule has 1 amide bonds. The Morgan fingerprint density at radius 3 is 2.63 bits per heavy atom. The van der Waals surface area contributed by atoms with Gasteiger partial charge in [-0.05, 0) is 18.2 Å². The SMILES string of the molecule is O=C(NCCOCC(F)(F)F)c1cc(Cl)cc(Br)c1. The van der Waals surface area contributed by atoms with E-state index in [0.717, 1.165) is 0 Å². The summed E-state index contributed by atoms with van der Waals surface area (Å²) in [5, 5.41) is 2.81. The fourth-order valence-corrected chi connectivity index (χ4v) is 2.07. The normalized spacial score (nSPS) is 11.4. The van der Waals surface area contributed by atoms with Crippen LogP contribution in [0.1, 0.15) is 10.4 Å². The Bertz CT molecular complexity index is 434. The molecule has 0 aliphatic rings. The van der Waals surface area contributed by atoms with Crippen LogP contribution < -0.4 is 5.32 Å². The molecule has 0 bridgehead atoms. The van der Waals surface area contributed by atoms with Crippen molar-refractivity contribution in [2.75, 3.05) is 19.8 Å². The molecule has 1 aromatic rings. The maximum Gasteiger partial charge on any atom is 0.411 e. The van der Waals surface area contributed by atoms with Gasteiger partial charge in [-0.2, -0.15) is 13.2 Å². The average molecular weight is 361 g/mol. The van der Waals surface area contributed by atoms with Crippen LogP contribution in [-0.2, 0) is 4.74 Å². The molecule has 0 atom stereocenters. The number of rotatable bonds is 5. The minimum Gasteiger partial charge on any atom is -0.370 e. The Balaban J connectivity index is 2.35. The van der Waals surface area contributed by atoms with Crippen LogP contribution in [0.25, 0.3) is 0 Å². The molecule has 0 radical (unpaired) electrons. The van der Waals surface area contributed by atoms with Crippen LogP contribution in [0.4, 0.5) is 13.2 Å². The molecule has 0 fully saturated rings. The molecule has 0 aliphatic heterocycles. The Morgan fingerprint density at radius 1 is 1.37 bits per heavy atom. The number of carbonyl (C=O) groups excluding carboxylic acids is 1. The van der Waals surface area contributed by atoms with Crippen LogP contribution in [0.2, 0.25) is 5.02 Å².